The van der Waals surface area contributed by atoms with E-state index in [9.17, 15) is 24.2 Å². The molecular formula is C15H22FN3O7. The van der Waals surface area contributed by atoms with Gasteiger partial charge >= 0.3 is 11.8 Å². The van der Waals surface area contributed by atoms with Crippen molar-refractivity contribution in [3.05, 3.63) is 22.7 Å². The lowest BCUT2D eigenvalue weighted by atomic mass is 10.1. The summed E-state index contributed by atoms with van der Waals surface area (Å²) in [4.78, 5) is 27.3. The summed E-state index contributed by atoms with van der Waals surface area (Å²) in [6.07, 6.45) is -6.02. The van der Waals surface area contributed by atoms with Crippen LogP contribution in [0.2, 0.25) is 0 Å². The van der Waals surface area contributed by atoms with Crippen molar-refractivity contribution in [1.29, 1.82) is 0 Å². The molecule has 1 aromatic rings. The Hall–Kier alpha value is -2.08. The highest BCUT2D eigenvalue weighted by atomic mass is 19.1. The molecule has 0 spiro atoms. The highest BCUT2D eigenvalue weighted by molar-refractivity contribution is 5.83. The van der Waals surface area contributed by atoms with Crippen LogP contribution in [0.3, 0.4) is 0 Å². The second-order valence-electron chi connectivity index (χ2n) is 5.82. The van der Waals surface area contributed by atoms with Gasteiger partial charge in [-0.05, 0) is 12.5 Å². The summed E-state index contributed by atoms with van der Waals surface area (Å²) in [7, 11) is 0. The molecule has 11 heteroatoms. The van der Waals surface area contributed by atoms with E-state index in [1.165, 1.54) is 6.07 Å². The van der Waals surface area contributed by atoms with Crippen LogP contribution >= 0.6 is 0 Å². The predicted molar refractivity (Wildman–Crippen MR) is 86.0 cm³/mol. The summed E-state index contributed by atoms with van der Waals surface area (Å²) in [5.41, 5.74) is -0.918. The van der Waals surface area contributed by atoms with Gasteiger partial charge in [0, 0.05) is 6.20 Å². The van der Waals surface area contributed by atoms with Crippen molar-refractivity contribution in [3.8, 4) is 0 Å². The van der Waals surface area contributed by atoms with Crippen LogP contribution in [0.5, 0.6) is 0 Å². The van der Waals surface area contributed by atoms with Gasteiger partial charge in [0.15, 0.2) is 6.23 Å². The summed E-state index contributed by atoms with van der Waals surface area (Å²) < 4.78 is 23.7. The molecule has 1 saturated heterocycles. The number of hydrogen-bond donors (Lipinski definition) is 4. The maximum atomic E-state index is 13.0. The fourth-order valence-corrected chi connectivity index (χ4v) is 2.48. The first-order chi connectivity index (χ1) is 12.3. The zero-order valence-electron chi connectivity index (χ0n) is 14.1. The molecule has 10 nitrogen and oxygen atoms in total. The van der Waals surface area contributed by atoms with Gasteiger partial charge in [-0.2, -0.15) is 4.98 Å². The molecule has 1 aliphatic rings. The van der Waals surface area contributed by atoms with E-state index in [0.29, 0.717) is 0 Å². The highest BCUT2D eigenvalue weighted by Gasteiger charge is 2.47. The fourth-order valence-electron chi connectivity index (χ4n) is 2.48. The quantitative estimate of drug-likeness (QED) is 0.483. The lowest BCUT2D eigenvalue weighted by molar-refractivity contribution is -0.131. The monoisotopic (exact) mass is 375 g/mol. The second-order valence-corrected chi connectivity index (χ2v) is 5.82. The third kappa shape index (κ3) is 4.75. The maximum absolute atomic E-state index is 13.0. The van der Waals surface area contributed by atoms with Crippen molar-refractivity contribution in [1.82, 2.24) is 9.55 Å². The number of rotatable bonds is 7. The lowest BCUT2D eigenvalue weighted by Gasteiger charge is -2.17. The summed E-state index contributed by atoms with van der Waals surface area (Å²) in [6.45, 7) is 2.25. The number of carbonyl (C=O) groups excluding carboxylic acids is 1. The van der Waals surface area contributed by atoms with Crippen LogP contribution in [0.25, 0.3) is 0 Å². The molecule has 2 rings (SSSR count). The van der Waals surface area contributed by atoms with Crippen molar-refractivity contribution in [2.75, 3.05) is 11.9 Å². The minimum atomic E-state index is -2.53. The van der Waals surface area contributed by atoms with Gasteiger partial charge in [-0.25, -0.2) is 14.0 Å². The van der Waals surface area contributed by atoms with Gasteiger partial charge in [0.2, 0.25) is 6.36 Å². The molecule has 146 valence electrons. The molecule has 1 amide bonds. The predicted octanol–water partition coefficient (Wildman–Crippen LogP) is -0.111. The molecule has 0 bridgehead atoms. The SMILES string of the molecule is CCCCCOC(=O)Nc1ccn([C@@H]2O[C@H](C(O)F)[C@@H](O)[C@H]2O)c(=O)n1. The molecule has 1 aliphatic heterocycles. The van der Waals surface area contributed by atoms with Crippen molar-refractivity contribution in [2.45, 2.75) is 57.1 Å². The molecule has 1 aromatic heterocycles. The number of unbranched alkanes of at least 4 members (excludes halogenated alkanes) is 2. The van der Waals surface area contributed by atoms with Crippen LogP contribution in [0.4, 0.5) is 15.0 Å². The Morgan fingerprint density at radius 1 is 1.46 bits per heavy atom. The van der Waals surface area contributed by atoms with Gasteiger partial charge in [0.1, 0.15) is 24.1 Å². The number of ether oxygens (including phenoxy) is 2. The molecule has 1 unspecified atom stereocenters. The molecule has 26 heavy (non-hydrogen) atoms. The number of halogens is 1. The molecule has 0 aliphatic carbocycles. The number of hydrogen-bond acceptors (Lipinski definition) is 8. The van der Waals surface area contributed by atoms with Crippen LogP contribution in [0.15, 0.2) is 17.1 Å². The zero-order chi connectivity index (χ0) is 19.3. The van der Waals surface area contributed by atoms with Crippen molar-refractivity contribution in [2.24, 2.45) is 0 Å². The molecule has 2 heterocycles. The zero-order valence-corrected chi connectivity index (χ0v) is 14.1. The van der Waals surface area contributed by atoms with Gasteiger partial charge in [-0.3, -0.25) is 9.88 Å². The molecule has 1 fully saturated rings. The van der Waals surface area contributed by atoms with Crippen LogP contribution in [0.1, 0.15) is 32.4 Å². The summed E-state index contributed by atoms with van der Waals surface area (Å²) in [6, 6.07) is 1.25. The molecule has 0 aromatic carbocycles. The number of amides is 1. The Kier molecular flexibility index (Phi) is 7.03. The summed E-state index contributed by atoms with van der Waals surface area (Å²) >= 11 is 0. The summed E-state index contributed by atoms with van der Waals surface area (Å²) in [5.74, 6) is -0.0816. The molecule has 0 saturated carbocycles. The normalized spacial score (nSPS) is 26.5. The van der Waals surface area contributed by atoms with Gasteiger partial charge in [0.05, 0.1) is 6.61 Å². The molecular weight excluding hydrogens is 353 g/mol. The summed E-state index contributed by atoms with van der Waals surface area (Å²) in [5, 5.41) is 30.7. The maximum Gasteiger partial charge on any atom is 0.412 e. The van der Waals surface area contributed by atoms with Crippen LogP contribution in [0, 0.1) is 0 Å². The first kappa shape index (κ1) is 20.2. The largest absolute Gasteiger partial charge is 0.449 e. The van der Waals surface area contributed by atoms with E-state index in [0.717, 1.165) is 30.0 Å². The van der Waals surface area contributed by atoms with Crippen molar-refractivity contribution >= 4 is 11.9 Å². The van der Waals surface area contributed by atoms with Gasteiger partial charge in [-0.1, -0.05) is 19.8 Å². The third-order valence-electron chi connectivity index (χ3n) is 3.86. The average molecular weight is 375 g/mol. The molecule has 5 atom stereocenters. The minimum absolute atomic E-state index is 0.0816. The standard InChI is InChI=1S/C15H22FN3O7/c1-2-3-4-7-25-15(24)18-8-5-6-19(14(23)17-8)13-10(21)9(20)11(26-13)12(16)22/h5-6,9-13,20-22H,2-4,7H2,1H3,(H,17,18,23,24)/t9-,10+,11-,12?,13+/m0/s1. The number of aromatic nitrogens is 2. The number of anilines is 1. The van der Waals surface area contributed by atoms with E-state index in [2.05, 4.69) is 10.3 Å². The Morgan fingerprint density at radius 3 is 2.77 bits per heavy atom. The van der Waals surface area contributed by atoms with Crippen LogP contribution in [-0.2, 0) is 9.47 Å². The number of nitrogens with zero attached hydrogens (tertiary/aromatic N) is 2. The smallest absolute Gasteiger partial charge is 0.412 e. The Labute approximate surface area is 148 Å². The topological polar surface area (TPSA) is 143 Å². The van der Waals surface area contributed by atoms with E-state index in [-0.39, 0.29) is 12.4 Å². The fraction of sp³-hybridized carbons (Fsp3) is 0.667. The Balaban J connectivity index is 2.01. The molecule has 0 radical (unpaired) electrons. The highest BCUT2D eigenvalue weighted by Crippen LogP contribution is 2.30. The van der Waals surface area contributed by atoms with E-state index in [1.807, 2.05) is 6.92 Å². The number of alkyl halides is 1. The molecule has 4 N–H and O–H groups in total. The van der Waals surface area contributed by atoms with Gasteiger partial charge in [-0.15, -0.1) is 0 Å². The van der Waals surface area contributed by atoms with Gasteiger partial charge < -0.3 is 24.8 Å². The van der Waals surface area contributed by atoms with E-state index >= 15 is 0 Å². The number of aliphatic hydroxyl groups excluding tert-OH is 3. The first-order valence-electron chi connectivity index (χ1n) is 8.21. The number of nitrogens with one attached hydrogen (secondary N) is 1. The van der Waals surface area contributed by atoms with E-state index in [4.69, 9.17) is 14.6 Å². The van der Waals surface area contributed by atoms with E-state index < -0.39 is 42.7 Å². The van der Waals surface area contributed by atoms with E-state index in [1.54, 1.807) is 0 Å². The Morgan fingerprint density at radius 2 is 2.19 bits per heavy atom. The minimum Gasteiger partial charge on any atom is -0.449 e. The van der Waals surface area contributed by atoms with Gasteiger partial charge in [0.25, 0.3) is 0 Å². The number of carbonyl (C=O) groups is 1. The average Bonchev–Trinajstić information content (AvgIpc) is 2.88. The third-order valence-corrected chi connectivity index (χ3v) is 3.86. The Bertz CT molecular complexity index is 669. The van der Waals surface area contributed by atoms with Crippen LogP contribution < -0.4 is 11.0 Å². The lowest BCUT2D eigenvalue weighted by Crippen LogP contribution is -2.37. The first-order valence-corrected chi connectivity index (χ1v) is 8.21. The second kappa shape index (κ2) is 9.03. The number of aliphatic hydroxyl groups is 3. The van der Waals surface area contributed by atoms with Crippen molar-refractivity contribution in [3.63, 3.8) is 0 Å². The van der Waals surface area contributed by atoms with Crippen LogP contribution in [-0.4, -0.2) is 62.2 Å². The van der Waals surface area contributed by atoms with Crippen molar-refractivity contribution < 1.29 is 34.0 Å².